The van der Waals surface area contributed by atoms with Crippen LogP contribution in [-0.2, 0) is 12.8 Å². The van der Waals surface area contributed by atoms with Gasteiger partial charge in [-0.1, -0.05) is 12.1 Å². The molecule has 1 amide bonds. The van der Waals surface area contributed by atoms with E-state index < -0.39 is 0 Å². The Balaban J connectivity index is 1.64. The van der Waals surface area contributed by atoms with Crippen molar-refractivity contribution in [1.82, 2.24) is 5.32 Å². The van der Waals surface area contributed by atoms with Crippen LogP contribution in [0.25, 0.3) is 0 Å². The van der Waals surface area contributed by atoms with E-state index >= 15 is 0 Å². The second-order valence-electron chi connectivity index (χ2n) is 6.81. The molecule has 1 aromatic heterocycles. The predicted octanol–water partition coefficient (Wildman–Crippen LogP) is 3.88. The van der Waals surface area contributed by atoms with E-state index in [4.69, 9.17) is 23.4 Å². The number of rotatable bonds is 10. The Bertz CT molecular complexity index is 1000. The molecular formula is C24H27NO6. The molecule has 7 nitrogen and oxygen atoms in total. The lowest BCUT2D eigenvalue weighted by Gasteiger charge is -2.14. The third kappa shape index (κ3) is 5.51. The summed E-state index contributed by atoms with van der Waals surface area (Å²) in [6, 6.07) is 14.8. The SMILES string of the molecule is COc1cccc(CCNC(=O)c2ccc(Cc3c(OC)cc(OC)cc3OC)o2)c1. The number of hydrogen-bond acceptors (Lipinski definition) is 6. The highest BCUT2D eigenvalue weighted by molar-refractivity contribution is 5.91. The molecule has 2 aromatic carbocycles. The van der Waals surface area contributed by atoms with E-state index in [-0.39, 0.29) is 11.7 Å². The standard InChI is InChI=1S/C24H27NO6/c1-27-17-7-5-6-16(12-17)10-11-25-24(26)21-9-8-18(31-21)13-20-22(29-3)14-19(28-2)15-23(20)30-4/h5-9,12,14-15H,10-11,13H2,1-4H3,(H,25,26). The second kappa shape index (κ2) is 10.4. The normalized spacial score (nSPS) is 10.5. The van der Waals surface area contributed by atoms with Crippen molar-refractivity contribution >= 4 is 5.91 Å². The zero-order chi connectivity index (χ0) is 22.2. The molecule has 7 heteroatoms. The minimum Gasteiger partial charge on any atom is -0.497 e. The second-order valence-corrected chi connectivity index (χ2v) is 6.81. The highest BCUT2D eigenvalue weighted by Gasteiger charge is 2.17. The molecule has 3 rings (SSSR count). The van der Waals surface area contributed by atoms with Crippen molar-refractivity contribution in [2.24, 2.45) is 0 Å². The Kier molecular flexibility index (Phi) is 7.43. The first-order valence-corrected chi connectivity index (χ1v) is 9.86. The molecule has 0 saturated carbocycles. The van der Waals surface area contributed by atoms with E-state index in [2.05, 4.69) is 5.32 Å². The number of hydrogen-bond donors (Lipinski definition) is 1. The van der Waals surface area contributed by atoms with Crippen LogP contribution in [0.15, 0.2) is 52.9 Å². The topological polar surface area (TPSA) is 79.2 Å². The van der Waals surface area contributed by atoms with Crippen molar-refractivity contribution in [3.63, 3.8) is 0 Å². The third-order valence-electron chi connectivity index (χ3n) is 4.89. The smallest absolute Gasteiger partial charge is 0.287 e. The van der Waals surface area contributed by atoms with Gasteiger partial charge < -0.3 is 28.7 Å². The Morgan fingerprint density at radius 3 is 2.23 bits per heavy atom. The maximum Gasteiger partial charge on any atom is 0.287 e. The van der Waals surface area contributed by atoms with Crippen LogP contribution in [0.4, 0.5) is 0 Å². The van der Waals surface area contributed by atoms with E-state index in [0.717, 1.165) is 16.9 Å². The Labute approximate surface area is 181 Å². The number of carbonyl (C=O) groups excluding carboxylic acids is 1. The molecule has 31 heavy (non-hydrogen) atoms. The first kappa shape index (κ1) is 22.1. The van der Waals surface area contributed by atoms with Gasteiger partial charge in [-0.3, -0.25) is 4.79 Å². The van der Waals surface area contributed by atoms with Gasteiger partial charge in [0.25, 0.3) is 5.91 Å². The number of amides is 1. The number of carbonyl (C=O) groups is 1. The number of benzene rings is 2. The molecule has 1 heterocycles. The summed E-state index contributed by atoms with van der Waals surface area (Å²) in [5.74, 6) is 3.29. The van der Waals surface area contributed by atoms with Crippen molar-refractivity contribution in [2.45, 2.75) is 12.8 Å². The van der Waals surface area contributed by atoms with Crippen LogP contribution >= 0.6 is 0 Å². The number of nitrogens with one attached hydrogen (secondary N) is 1. The lowest BCUT2D eigenvalue weighted by molar-refractivity contribution is 0.0925. The molecule has 0 fully saturated rings. The van der Waals surface area contributed by atoms with Gasteiger partial charge in [-0.25, -0.2) is 0 Å². The summed E-state index contributed by atoms with van der Waals surface area (Å²) >= 11 is 0. The molecule has 1 N–H and O–H groups in total. The first-order valence-electron chi connectivity index (χ1n) is 9.86. The molecule has 0 atom stereocenters. The molecule has 3 aromatic rings. The van der Waals surface area contributed by atoms with Crippen LogP contribution in [-0.4, -0.2) is 40.9 Å². The van der Waals surface area contributed by atoms with Gasteiger partial charge in [-0.2, -0.15) is 0 Å². The van der Waals surface area contributed by atoms with Crippen LogP contribution in [0.2, 0.25) is 0 Å². The van der Waals surface area contributed by atoms with Crippen molar-refractivity contribution in [3.8, 4) is 23.0 Å². The fourth-order valence-corrected chi connectivity index (χ4v) is 3.26. The fraction of sp³-hybridized carbons (Fsp3) is 0.292. The van der Waals surface area contributed by atoms with Crippen LogP contribution in [0, 0.1) is 0 Å². The van der Waals surface area contributed by atoms with Gasteiger partial charge in [0.15, 0.2) is 5.76 Å². The molecule has 0 bridgehead atoms. The zero-order valence-corrected chi connectivity index (χ0v) is 18.2. The summed E-state index contributed by atoms with van der Waals surface area (Å²) in [4.78, 5) is 12.5. The van der Waals surface area contributed by atoms with Gasteiger partial charge in [0.1, 0.15) is 28.8 Å². The number of ether oxygens (including phenoxy) is 4. The largest absolute Gasteiger partial charge is 0.497 e. The van der Waals surface area contributed by atoms with E-state index in [1.807, 2.05) is 24.3 Å². The number of furan rings is 1. The Hall–Kier alpha value is -3.61. The quantitative estimate of drug-likeness (QED) is 0.531. The summed E-state index contributed by atoms with van der Waals surface area (Å²) in [6.07, 6.45) is 1.10. The van der Waals surface area contributed by atoms with Crippen LogP contribution in [0.1, 0.15) is 27.4 Å². The predicted molar refractivity (Wildman–Crippen MR) is 117 cm³/mol. The molecule has 0 aliphatic rings. The van der Waals surface area contributed by atoms with E-state index in [1.165, 1.54) is 0 Å². The average molecular weight is 425 g/mol. The van der Waals surface area contributed by atoms with Crippen molar-refractivity contribution in [1.29, 1.82) is 0 Å². The van der Waals surface area contributed by atoms with Gasteiger partial charge in [0, 0.05) is 30.7 Å². The third-order valence-corrected chi connectivity index (χ3v) is 4.89. The van der Waals surface area contributed by atoms with Gasteiger partial charge in [-0.15, -0.1) is 0 Å². The summed E-state index contributed by atoms with van der Waals surface area (Å²) in [6.45, 7) is 0.488. The Morgan fingerprint density at radius 2 is 1.58 bits per heavy atom. The zero-order valence-electron chi connectivity index (χ0n) is 18.2. The maximum atomic E-state index is 12.5. The lowest BCUT2D eigenvalue weighted by Crippen LogP contribution is -2.25. The summed E-state index contributed by atoms with van der Waals surface area (Å²) in [5, 5.41) is 2.88. The molecule has 0 spiro atoms. The maximum absolute atomic E-state index is 12.5. The fourth-order valence-electron chi connectivity index (χ4n) is 3.26. The number of methoxy groups -OCH3 is 4. The van der Waals surface area contributed by atoms with Gasteiger partial charge in [0.05, 0.1) is 28.4 Å². The van der Waals surface area contributed by atoms with Crippen molar-refractivity contribution in [3.05, 3.63) is 71.2 Å². The molecular weight excluding hydrogens is 398 g/mol. The monoisotopic (exact) mass is 425 g/mol. The van der Waals surface area contributed by atoms with E-state index in [0.29, 0.717) is 42.4 Å². The van der Waals surface area contributed by atoms with E-state index in [1.54, 1.807) is 52.7 Å². The van der Waals surface area contributed by atoms with Crippen LogP contribution in [0.5, 0.6) is 23.0 Å². The highest BCUT2D eigenvalue weighted by Crippen LogP contribution is 2.35. The van der Waals surface area contributed by atoms with Gasteiger partial charge in [-0.05, 0) is 36.2 Å². The minimum absolute atomic E-state index is 0.257. The van der Waals surface area contributed by atoms with E-state index in [9.17, 15) is 4.79 Å². The summed E-state index contributed by atoms with van der Waals surface area (Å²) in [5.41, 5.74) is 1.89. The molecule has 0 aliphatic heterocycles. The molecule has 0 aliphatic carbocycles. The highest BCUT2D eigenvalue weighted by atomic mass is 16.5. The summed E-state index contributed by atoms with van der Waals surface area (Å²) in [7, 11) is 6.38. The van der Waals surface area contributed by atoms with Crippen LogP contribution in [0.3, 0.4) is 0 Å². The van der Waals surface area contributed by atoms with Gasteiger partial charge in [0.2, 0.25) is 0 Å². The minimum atomic E-state index is -0.261. The lowest BCUT2D eigenvalue weighted by atomic mass is 10.1. The average Bonchev–Trinajstić information content (AvgIpc) is 3.28. The van der Waals surface area contributed by atoms with Crippen molar-refractivity contribution < 1.29 is 28.2 Å². The molecule has 164 valence electrons. The molecule has 0 unspecified atom stereocenters. The van der Waals surface area contributed by atoms with Crippen molar-refractivity contribution in [2.75, 3.05) is 35.0 Å². The van der Waals surface area contributed by atoms with Gasteiger partial charge >= 0.3 is 0 Å². The molecule has 0 saturated heterocycles. The first-order chi connectivity index (χ1) is 15.1. The Morgan fingerprint density at radius 1 is 0.871 bits per heavy atom. The molecule has 0 radical (unpaired) electrons. The summed E-state index contributed by atoms with van der Waals surface area (Å²) < 4.78 is 27.2. The van der Waals surface area contributed by atoms with Crippen LogP contribution < -0.4 is 24.3 Å².